The first-order chi connectivity index (χ1) is 5.26. The third-order valence-corrected chi connectivity index (χ3v) is 1.34. The predicted molar refractivity (Wildman–Crippen MR) is 44.2 cm³/mol. The summed E-state index contributed by atoms with van der Waals surface area (Å²) in [6.07, 6.45) is 5.02. The zero-order valence-corrected chi connectivity index (χ0v) is 6.93. The summed E-state index contributed by atoms with van der Waals surface area (Å²) in [6.45, 7) is 3.04. The minimum absolute atomic E-state index is 0.0530. The number of rotatable bonds is 4. The van der Waals surface area contributed by atoms with E-state index >= 15 is 0 Å². The lowest BCUT2D eigenvalue weighted by Crippen LogP contribution is -1.96. The molecule has 0 aliphatic rings. The molecule has 0 aromatic heterocycles. The molecule has 0 bridgehead atoms. The monoisotopic (exact) mass is 156 g/mol. The van der Waals surface area contributed by atoms with Gasteiger partial charge in [-0.05, 0) is 6.92 Å². The van der Waals surface area contributed by atoms with Crippen molar-refractivity contribution in [3.05, 3.63) is 23.8 Å². The molecule has 0 aromatic carbocycles. The Balaban J connectivity index is 4.19. The van der Waals surface area contributed by atoms with Gasteiger partial charge in [-0.3, -0.25) is 4.79 Å². The zero-order chi connectivity index (χ0) is 8.69. The van der Waals surface area contributed by atoms with E-state index in [2.05, 4.69) is 0 Å². The van der Waals surface area contributed by atoms with Crippen LogP contribution in [0.1, 0.15) is 20.3 Å². The van der Waals surface area contributed by atoms with Gasteiger partial charge in [0.25, 0.3) is 0 Å². The largest absolute Gasteiger partial charge is 0.294 e. The number of halogens is 1. The minimum Gasteiger partial charge on any atom is -0.294 e. The molecule has 0 aliphatic heterocycles. The van der Waals surface area contributed by atoms with E-state index in [4.69, 9.17) is 0 Å². The third-order valence-electron chi connectivity index (χ3n) is 1.34. The molecule has 0 fully saturated rings. The first-order valence-electron chi connectivity index (χ1n) is 3.68. The van der Waals surface area contributed by atoms with E-state index in [1.54, 1.807) is 19.9 Å². The van der Waals surface area contributed by atoms with Crippen LogP contribution in [0.5, 0.6) is 0 Å². The van der Waals surface area contributed by atoms with Crippen molar-refractivity contribution in [3.8, 4) is 0 Å². The maximum Gasteiger partial charge on any atom is 0.162 e. The van der Waals surface area contributed by atoms with Crippen molar-refractivity contribution in [2.24, 2.45) is 0 Å². The van der Waals surface area contributed by atoms with Crippen molar-refractivity contribution in [2.75, 3.05) is 6.67 Å². The molecule has 1 nitrogen and oxygen atoms in total. The van der Waals surface area contributed by atoms with Crippen LogP contribution in [0.4, 0.5) is 4.39 Å². The number of alkyl halides is 1. The first-order valence-corrected chi connectivity index (χ1v) is 3.68. The molecule has 11 heavy (non-hydrogen) atoms. The maximum absolute atomic E-state index is 11.6. The number of allylic oxidation sites excluding steroid dienone is 4. The Morgan fingerprint density at radius 1 is 1.55 bits per heavy atom. The van der Waals surface area contributed by atoms with Crippen LogP contribution in [0, 0.1) is 0 Å². The molecule has 0 radical (unpaired) electrons. The van der Waals surface area contributed by atoms with E-state index < -0.39 is 6.67 Å². The van der Waals surface area contributed by atoms with E-state index in [1.165, 1.54) is 12.2 Å². The molecule has 2 heteroatoms. The van der Waals surface area contributed by atoms with Crippen LogP contribution < -0.4 is 0 Å². The molecule has 0 amide bonds. The van der Waals surface area contributed by atoms with Gasteiger partial charge in [-0.15, -0.1) is 0 Å². The van der Waals surface area contributed by atoms with E-state index in [0.717, 1.165) is 0 Å². The third kappa shape index (κ3) is 3.71. The topological polar surface area (TPSA) is 17.1 Å². The number of ketones is 1. The van der Waals surface area contributed by atoms with Crippen LogP contribution in [0.15, 0.2) is 23.8 Å². The lowest BCUT2D eigenvalue weighted by atomic mass is 10.1. The molecule has 0 saturated carbocycles. The Hall–Kier alpha value is -0.920. The molecule has 62 valence electrons. The summed E-state index contributed by atoms with van der Waals surface area (Å²) in [5, 5.41) is 0. The second kappa shape index (κ2) is 5.83. The van der Waals surface area contributed by atoms with Gasteiger partial charge in [-0.2, -0.15) is 0 Å². The fourth-order valence-corrected chi connectivity index (χ4v) is 0.726. The van der Waals surface area contributed by atoms with Crippen LogP contribution >= 0.6 is 0 Å². The number of hydrogen-bond acceptors (Lipinski definition) is 1. The van der Waals surface area contributed by atoms with Gasteiger partial charge in [0.1, 0.15) is 6.67 Å². The first kappa shape index (κ1) is 10.1. The fourth-order valence-electron chi connectivity index (χ4n) is 0.726. The van der Waals surface area contributed by atoms with Crippen molar-refractivity contribution >= 4 is 5.78 Å². The standard InChI is InChI=1S/C9H13FO/c1-3-8(6-5-7-10)9(11)4-2/h3,5-6H,4,7H2,1-2H3/b6-5-,8-3+. The maximum atomic E-state index is 11.6. The number of carbonyl (C=O) groups is 1. The van der Waals surface area contributed by atoms with E-state index in [-0.39, 0.29) is 5.78 Å². The van der Waals surface area contributed by atoms with Gasteiger partial charge in [0, 0.05) is 12.0 Å². The SMILES string of the molecule is C/C=C(\C=C/CF)C(=O)CC. The summed E-state index contributed by atoms with van der Waals surface area (Å²) in [6, 6.07) is 0. The highest BCUT2D eigenvalue weighted by atomic mass is 19.1. The summed E-state index contributed by atoms with van der Waals surface area (Å²) in [7, 11) is 0. The lowest BCUT2D eigenvalue weighted by molar-refractivity contribution is -0.115. The van der Waals surface area contributed by atoms with Gasteiger partial charge in [0.05, 0.1) is 0 Å². The Morgan fingerprint density at radius 3 is 2.55 bits per heavy atom. The molecule has 0 N–H and O–H groups in total. The van der Waals surface area contributed by atoms with Crippen molar-refractivity contribution < 1.29 is 9.18 Å². The molecule has 0 heterocycles. The molecule has 0 aliphatic carbocycles. The van der Waals surface area contributed by atoms with E-state index in [0.29, 0.717) is 12.0 Å². The van der Waals surface area contributed by atoms with Crippen LogP contribution in [-0.4, -0.2) is 12.5 Å². The lowest BCUT2D eigenvalue weighted by Gasteiger charge is -1.94. The van der Waals surface area contributed by atoms with Gasteiger partial charge >= 0.3 is 0 Å². The van der Waals surface area contributed by atoms with Gasteiger partial charge in [0.2, 0.25) is 0 Å². The summed E-state index contributed by atoms with van der Waals surface area (Å²) in [5.41, 5.74) is 0.588. The van der Waals surface area contributed by atoms with Crippen LogP contribution in [0.3, 0.4) is 0 Å². The smallest absolute Gasteiger partial charge is 0.162 e. The highest BCUT2D eigenvalue weighted by Gasteiger charge is 2.00. The van der Waals surface area contributed by atoms with Gasteiger partial charge < -0.3 is 0 Å². The van der Waals surface area contributed by atoms with Gasteiger partial charge in [-0.1, -0.05) is 25.2 Å². The number of Topliss-reactive ketones (excluding diaryl/α,β-unsaturated/α-hetero) is 1. The van der Waals surface area contributed by atoms with Gasteiger partial charge in [0.15, 0.2) is 5.78 Å². The normalized spacial score (nSPS) is 12.5. The molecule has 0 aromatic rings. The highest BCUT2D eigenvalue weighted by Crippen LogP contribution is 2.01. The molecule has 0 unspecified atom stereocenters. The molecular weight excluding hydrogens is 143 g/mol. The van der Waals surface area contributed by atoms with E-state index in [1.807, 2.05) is 0 Å². The quantitative estimate of drug-likeness (QED) is 0.451. The van der Waals surface area contributed by atoms with Crippen molar-refractivity contribution in [3.63, 3.8) is 0 Å². The second-order valence-electron chi connectivity index (χ2n) is 2.08. The molecule has 0 rings (SSSR count). The molecule has 0 atom stereocenters. The molecule has 0 spiro atoms. The van der Waals surface area contributed by atoms with Crippen molar-refractivity contribution in [2.45, 2.75) is 20.3 Å². The summed E-state index contributed by atoms with van der Waals surface area (Å²) in [4.78, 5) is 11.0. The average molecular weight is 156 g/mol. The Kier molecular flexibility index (Phi) is 5.35. The predicted octanol–water partition coefficient (Wildman–Crippen LogP) is 2.44. The summed E-state index contributed by atoms with van der Waals surface area (Å²) in [5.74, 6) is 0.0530. The fraction of sp³-hybridized carbons (Fsp3) is 0.444. The second-order valence-corrected chi connectivity index (χ2v) is 2.08. The summed E-state index contributed by atoms with van der Waals surface area (Å²) >= 11 is 0. The van der Waals surface area contributed by atoms with E-state index in [9.17, 15) is 9.18 Å². The average Bonchev–Trinajstić information content (AvgIpc) is 2.05. The Labute approximate surface area is 66.6 Å². The number of hydrogen-bond donors (Lipinski definition) is 0. The van der Waals surface area contributed by atoms with Crippen LogP contribution in [0.2, 0.25) is 0 Å². The summed E-state index contributed by atoms with van der Waals surface area (Å²) < 4.78 is 11.6. The number of carbonyl (C=O) groups excluding carboxylic acids is 1. The molecule has 0 saturated heterocycles. The van der Waals surface area contributed by atoms with Crippen LogP contribution in [-0.2, 0) is 4.79 Å². The Bertz CT molecular complexity index is 180. The van der Waals surface area contributed by atoms with Crippen molar-refractivity contribution in [1.82, 2.24) is 0 Å². The van der Waals surface area contributed by atoms with Crippen molar-refractivity contribution in [1.29, 1.82) is 0 Å². The highest BCUT2D eigenvalue weighted by molar-refractivity contribution is 5.97. The minimum atomic E-state index is -0.520. The van der Waals surface area contributed by atoms with Gasteiger partial charge in [-0.25, -0.2) is 4.39 Å². The Morgan fingerprint density at radius 2 is 2.18 bits per heavy atom. The zero-order valence-electron chi connectivity index (χ0n) is 6.93. The van der Waals surface area contributed by atoms with Crippen LogP contribution in [0.25, 0.3) is 0 Å². The molecular formula is C9H13FO.